The van der Waals surface area contributed by atoms with E-state index in [2.05, 4.69) is 20.4 Å². The molecule has 4 aromatic rings. The summed E-state index contributed by atoms with van der Waals surface area (Å²) in [7, 11) is 1.54. The van der Waals surface area contributed by atoms with Gasteiger partial charge in [0.25, 0.3) is 11.5 Å². The molecule has 0 bridgehead atoms. The maximum atomic E-state index is 14.0. The average Bonchev–Trinajstić information content (AvgIpc) is 3.07. The van der Waals surface area contributed by atoms with E-state index in [4.69, 9.17) is 29.0 Å². The quantitative estimate of drug-likeness (QED) is 0.144. The molecular formula is C37H42N4O6. The summed E-state index contributed by atoms with van der Waals surface area (Å²) in [5.74, 6) is 2.20. The number of aryl methyl sites for hydroxylation is 1. The summed E-state index contributed by atoms with van der Waals surface area (Å²) in [5, 5.41) is 5.17. The van der Waals surface area contributed by atoms with Crippen molar-refractivity contribution in [1.82, 2.24) is 14.6 Å². The molecule has 246 valence electrons. The molecule has 5 rings (SSSR count). The molecule has 1 fully saturated rings. The fourth-order valence-electron chi connectivity index (χ4n) is 5.62. The normalized spacial score (nSPS) is 13.4. The number of para-hydroxylation sites is 1. The molecule has 0 aliphatic carbocycles. The molecule has 1 aromatic heterocycles. The monoisotopic (exact) mass is 638 g/mol. The van der Waals surface area contributed by atoms with Crippen molar-refractivity contribution < 1.29 is 23.7 Å². The number of fused-ring (bicyclic) bond motifs is 1. The minimum Gasteiger partial charge on any atom is -0.494 e. The van der Waals surface area contributed by atoms with Crippen LogP contribution < -0.4 is 19.8 Å². The van der Waals surface area contributed by atoms with Crippen LogP contribution in [0.3, 0.4) is 0 Å². The van der Waals surface area contributed by atoms with Crippen LogP contribution in [-0.4, -0.2) is 73.3 Å². The van der Waals surface area contributed by atoms with E-state index in [0.29, 0.717) is 73.1 Å². The Morgan fingerprint density at radius 2 is 1.87 bits per heavy atom. The van der Waals surface area contributed by atoms with E-state index in [-0.39, 0.29) is 24.0 Å². The molecule has 47 heavy (non-hydrogen) atoms. The number of rotatable bonds is 12. The van der Waals surface area contributed by atoms with Crippen molar-refractivity contribution in [1.29, 1.82) is 0 Å². The molecule has 0 atom stereocenters. The Kier molecular flexibility index (Phi) is 10.7. The molecule has 1 aliphatic rings. The summed E-state index contributed by atoms with van der Waals surface area (Å²) < 4.78 is 24.4. The SMILES string of the molecule is C=CCc1cc(C=Nn2c(-c3cc(C(C)C)c(OCC)cc3C)nc3ccccc3c2=O)cc(OC)c1OCC(=O)N1CCOCC1. The van der Waals surface area contributed by atoms with Gasteiger partial charge in [-0.1, -0.05) is 32.1 Å². The number of ether oxygens (including phenoxy) is 4. The Balaban J connectivity index is 1.57. The third-order valence-electron chi connectivity index (χ3n) is 8.04. The van der Waals surface area contributed by atoms with Gasteiger partial charge in [0.15, 0.2) is 23.9 Å². The molecule has 1 saturated heterocycles. The van der Waals surface area contributed by atoms with Gasteiger partial charge in [-0.25, -0.2) is 4.98 Å². The molecule has 1 amide bonds. The minimum absolute atomic E-state index is 0.119. The smallest absolute Gasteiger partial charge is 0.282 e. The number of benzene rings is 3. The fourth-order valence-corrected chi connectivity index (χ4v) is 5.62. The van der Waals surface area contributed by atoms with Crippen LogP contribution in [0, 0.1) is 6.92 Å². The molecule has 10 heteroatoms. The van der Waals surface area contributed by atoms with Crippen molar-refractivity contribution >= 4 is 23.0 Å². The Labute approximate surface area is 275 Å². The van der Waals surface area contributed by atoms with Gasteiger partial charge < -0.3 is 23.8 Å². The number of hydrogen-bond donors (Lipinski definition) is 0. The minimum atomic E-state index is -0.291. The van der Waals surface area contributed by atoms with Crippen molar-refractivity contribution in [3.05, 3.63) is 93.8 Å². The summed E-state index contributed by atoms with van der Waals surface area (Å²) in [6.45, 7) is 14.6. The number of methoxy groups -OCH3 is 1. The topological polar surface area (TPSA) is 104 Å². The predicted octanol–water partition coefficient (Wildman–Crippen LogP) is 5.75. The first-order valence-electron chi connectivity index (χ1n) is 15.9. The molecule has 0 N–H and O–H groups in total. The van der Waals surface area contributed by atoms with Crippen LogP contribution in [0.25, 0.3) is 22.3 Å². The second-order valence-corrected chi connectivity index (χ2v) is 11.6. The highest BCUT2D eigenvalue weighted by Gasteiger charge is 2.21. The zero-order valence-electron chi connectivity index (χ0n) is 27.7. The van der Waals surface area contributed by atoms with Gasteiger partial charge in [0, 0.05) is 24.2 Å². The van der Waals surface area contributed by atoms with E-state index in [1.165, 1.54) is 4.68 Å². The highest BCUT2D eigenvalue weighted by molar-refractivity contribution is 5.84. The van der Waals surface area contributed by atoms with E-state index >= 15 is 0 Å². The van der Waals surface area contributed by atoms with Crippen LogP contribution in [0.1, 0.15) is 48.9 Å². The van der Waals surface area contributed by atoms with E-state index in [0.717, 1.165) is 28.0 Å². The van der Waals surface area contributed by atoms with Gasteiger partial charge in [-0.15, -0.1) is 6.58 Å². The Morgan fingerprint density at radius 3 is 2.57 bits per heavy atom. The van der Waals surface area contributed by atoms with Gasteiger partial charge in [-0.3, -0.25) is 9.59 Å². The number of aromatic nitrogens is 2. The Bertz CT molecular complexity index is 1860. The molecule has 2 heterocycles. The van der Waals surface area contributed by atoms with E-state index in [9.17, 15) is 9.59 Å². The first-order chi connectivity index (χ1) is 22.7. The van der Waals surface area contributed by atoms with Gasteiger partial charge >= 0.3 is 0 Å². The van der Waals surface area contributed by atoms with Crippen LogP contribution in [-0.2, 0) is 16.0 Å². The second-order valence-electron chi connectivity index (χ2n) is 11.6. The lowest BCUT2D eigenvalue weighted by Gasteiger charge is -2.27. The van der Waals surface area contributed by atoms with Gasteiger partial charge in [0.1, 0.15) is 5.75 Å². The molecule has 0 spiro atoms. The summed E-state index contributed by atoms with van der Waals surface area (Å²) in [5.41, 5.74) is 4.45. The van der Waals surface area contributed by atoms with Crippen LogP contribution in [0.2, 0.25) is 0 Å². The van der Waals surface area contributed by atoms with Crippen LogP contribution in [0.5, 0.6) is 17.2 Å². The largest absolute Gasteiger partial charge is 0.494 e. The number of carbonyl (C=O) groups excluding carboxylic acids is 1. The van der Waals surface area contributed by atoms with E-state index in [1.807, 2.05) is 50.2 Å². The number of allylic oxidation sites excluding steroid dienone is 1. The average molecular weight is 639 g/mol. The first-order valence-corrected chi connectivity index (χ1v) is 15.9. The predicted molar refractivity (Wildman–Crippen MR) is 184 cm³/mol. The van der Waals surface area contributed by atoms with Crippen LogP contribution in [0.4, 0.5) is 0 Å². The first kappa shape index (κ1) is 33.4. The van der Waals surface area contributed by atoms with Gasteiger partial charge in [-0.2, -0.15) is 9.78 Å². The summed E-state index contributed by atoms with van der Waals surface area (Å²) >= 11 is 0. The number of hydrogen-bond acceptors (Lipinski definition) is 8. The molecule has 0 saturated carbocycles. The fraction of sp³-hybridized carbons (Fsp3) is 0.351. The van der Waals surface area contributed by atoms with E-state index < -0.39 is 0 Å². The van der Waals surface area contributed by atoms with Crippen molar-refractivity contribution in [2.75, 3.05) is 46.6 Å². The Hall–Kier alpha value is -4.96. The van der Waals surface area contributed by atoms with Gasteiger partial charge in [0.05, 0.1) is 44.0 Å². The lowest BCUT2D eigenvalue weighted by molar-refractivity contribution is -0.137. The Morgan fingerprint density at radius 1 is 1.11 bits per heavy atom. The molecule has 0 unspecified atom stereocenters. The third-order valence-corrected chi connectivity index (χ3v) is 8.04. The standard InChI is InChI=1S/C37H42N4O6/c1-7-11-27-19-26(20-33(44-6)35(27)47-23-34(42)40-14-16-45-17-15-40)22-38-41-36(39-31-13-10-9-12-28(31)37(41)43)30-21-29(24(3)4)32(46-8-2)18-25(30)5/h7,9-10,12-13,18-22,24H,1,8,11,14-17,23H2,2-6H3. The molecular weight excluding hydrogens is 596 g/mol. The lowest BCUT2D eigenvalue weighted by Crippen LogP contribution is -2.43. The van der Waals surface area contributed by atoms with Crippen molar-refractivity contribution in [2.45, 2.75) is 40.0 Å². The lowest BCUT2D eigenvalue weighted by atomic mass is 9.96. The van der Waals surface area contributed by atoms with Crippen molar-refractivity contribution in [2.24, 2.45) is 5.10 Å². The molecule has 10 nitrogen and oxygen atoms in total. The summed E-state index contributed by atoms with van der Waals surface area (Å²) in [6.07, 6.45) is 3.82. The van der Waals surface area contributed by atoms with Gasteiger partial charge in [0.2, 0.25) is 0 Å². The maximum Gasteiger partial charge on any atom is 0.282 e. The molecule has 3 aromatic carbocycles. The van der Waals surface area contributed by atoms with E-state index in [1.54, 1.807) is 36.4 Å². The molecule has 0 radical (unpaired) electrons. The highest BCUT2D eigenvalue weighted by Crippen LogP contribution is 2.35. The zero-order chi connectivity index (χ0) is 33.5. The summed E-state index contributed by atoms with van der Waals surface area (Å²) in [6, 6.07) is 15.0. The van der Waals surface area contributed by atoms with Crippen LogP contribution >= 0.6 is 0 Å². The zero-order valence-corrected chi connectivity index (χ0v) is 27.7. The number of amides is 1. The molecule has 1 aliphatic heterocycles. The number of morpholine rings is 1. The maximum absolute atomic E-state index is 14.0. The van der Waals surface area contributed by atoms with Crippen LogP contribution in [0.15, 0.2) is 71.1 Å². The summed E-state index contributed by atoms with van der Waals surface area (Å²) in [4.78, 5) is 33.4. The van der Waals surface area contributed by atoms with Gasteiger partial charge in [-0.05, 0) is 79.3 Å². The third kappa shape index (κ3) is 7.38. The highest BCUT2D eigenvalue weighted by atomic mass is 16.5. The van der Waals surface area contributed by atoms with Crippen molar-refractivity contribution in [3.8, 4) is 28.6 Å². The number of carbonyl (C=O) groups is 1. The van der Waals surface area contributed by atoms with Crippen molar-refractivity contribution in [3.63, 3.8) is 0 Å². The number of nitrogens with zero attached hydrogens (tertiary/aromatic N) is 4. The second kappa shape index (κ2) is 15.1.